The molecule has 1 fully saturated rings. The smallest absolute Gasteiger partial charge is 0.317 e. The lowest BCUT2D eigenvalue weighted by molar-refractivity contribution is 0.142. The van der Waals surface area contributed by atoms with Crippen LogP contribution in [-0.2, 0) is 4.74 Å². The van der Waals surface area contributed by atoms with Gasteiger partial charge in [0.05, 0.1) is 6.61 Å². The van der Waals surface area contributed by atoms with E-state index in [1.807, 2.05) is 40.6 Å². The van der Waals surface area contributed by atoms with Gasteiger partial charge in [-0.1, -0.05) is 6.07 Å². The van der Waals surface area contributed by atoms with Crippen LogP contribution in [0.15, 0.2) is 24.4 Å². The number of fused-ring (bicyclic) bond motifs is 1. The van der Waals surface area contributed by atoms with E-state index < -0.39 is 0 Å². The largest absolute Gasteiger partial charge is 0.380 e. The Morgan fingerprint density at radius 1 is 1.43 bits per heavy atom. The summed E-state index contributed by atoms with van der Waals surface area (Å²) in [6, 6.07) is 5.84. The third kappa shape index (κ3) is 3.61. The minimum absolute atomic E-state index is 0.0248. The molecule has 1 aliphatic rings. The van der Waals surface area contributed by atoms with E-state index in [2.05, 4.69) is 15.5 Å². The second-order valence-electron chi connectivity index (χ2n) is 5.70. The molecule has 1 atom stereocenters. The van der Waals surface area contributed by atoms with Gasteiger partial charge in [0.15, 0.2) is 5.65 Å². The molecule has 1 aliphatic heterocycles. The summed E-state index contributed by atoms with van der Waals surface area (Å²) >= 11 is 0. The normalized spacial score (nSPS) is 18.3. The average molecular weight is 317 g/mol. The van der Waals surface area contributed by atoms with Gasteiger partial charge in [-0.25, -0.2) is 4.79 Å². The van der Waals surface area contributed by atoms with E-state index in [1.165, 1.54) is 0 Å². The number of urea groups is 1. The fourth-order valence-electron chi connectivity index (χ4n) is 3.00. The van der Waals surface area contributed by atoms with Crippen molar-refractivity contribution in [3.05, 3.63) is 30.2 Å². The van der Waals surface area contributed by atoms with Gasteiger partial charge in [-0.05, 0) is 31.9 Å². The summed E-state index contributed by atoms with van der Waals surface area (Å²) in [6.45, 7) is 5.17. The molecule has 1 saturated heterocycles. The summed E-state index contributed by atoms with van der Waals surface area (Å²) in [4.78, 5) is 14.1. The molecule has 7 nitrogen and oxygen atoms in total. The quantitative estimate of drug-likeness (QED) is 0.851. The second kappa shape index (κ2) is 7.41. The van der Waals surface area contributed by atoms with Gasteiger partial charge in [0.2, 0.25) is 0 Å². The zero-order valence-corrected chi connectivity index (χ0v) is 13.4. The predicted octanol–water partition coefficient (Wildman–Crippen LogP) is 1.65. The first-order chi connectivity index (χ1) is 11.3. The van der Waals surface area contributed by atoms with Crippen LogP contribution in [0.1, 0.15) is 31.5 Å². The first kappa shape index (κ1) is 15.7. The Kier molecular flexibility index (Phi) is 5.07. The Bertz CT molecular complexity index is 657. The van der Waals surface area contributed by atoms with Gasteiger partial charge >= 0.3 is 6.03 Å². The average Bonchev–Trinajstić information content (AvgIpc) is 3.03. The minimum atomic E-state index is -0.0248. The van der Waals surface area contributed by atoms with E-state index in [0.29, 0.717) is 26.3 Å². The number of nitrogens with zero attached hydrogens (tertiary/aromatic N) is 4. The van der Waals surface area contributed by atoms with Crippen LogP contribution in [0.2, 0.25) is 0 Å². The molecule has 23 heavy (non-hydrogen) atoms. The Labute approximate surface area is 135 Å². The lowest BCUT2D eigenvalue weighted by atomic mass is 9.97. The number of aromatic nitrogens is 3. The van der Waals surface area contributed by atoms with Crippen molar-refractivity contribution in [1.29, 1.82) is 0 Å². The van der Waals surface area contributed by atoms with Gasteiger partial charge in [0.25, 0.3) is 0 Å². The van der Waals surface area contributed by atoms with Crippen LogP contribution in [0, 0.1) is 0 Å². The number of nitrogens with one attached hydrogen (secondary N) is 1. The number of carbonyl (C=O) groups is 1. The Morgan fingerprint density at radius 3 is 3.22 bits per heavy atom. The number of ether oxygens (including phenoxy) is 1. The molecule has 3 rings (SSSR count). The predicted molar refractivity (Wildman–Crippen MR) is 86.4 cm³/mol. The molecule has 0 radical (unpaired) electrons. The lowest BCUT2D eigenvalue weighted by Gasteiger charge is -2.32. The van der Waals surface area contributed by atoms with E-state index >= 15 is 0 Å². The van der Waals surface area contributed by atoms with Crippen LogP contribution in [0.5, 0.6) is 0 Å². The van der Waals surface area contributed by atoms with Crippen LogP contribution in [-0.4, -0.2) is 58.4 Å². The number of amides is 2. The van der Waals surface area contributed by atoms with Gasteiger partial charge in [0.1, 0.15) is 5.82 Å². The minimum Gasteiger partial charge on any atom is -0.380 e. The topological polar surface area (TPSA) is 71.8 Å². The number of rotatable bonds is 5. The molecule has 7 heteroatoms. The molecule has 0 spiro atoms. The first-order valence-electron chi connectivity index (χ1n) is 8.19. The third-order valence-corrected chi connectivity index (χ3v) is 4.14. The summed E-state index contributed by atoms with van der Waals surface area (Å²) in [7, 11) is 0. The maximum Gasteiger partial charge on any atom is 0.317 e. The zero-order chi connectivity index (χ0) is 16.1. The van der Waals surface area contributed by atoms with E-state index in [1.54, 1.807) is 0 Å². The maximum atomic E-state index is 12.3. The third-order valence-electron chi connectivity index (χ3n) is 4.14. The van der Waals surface area contributed by atoms with Crippen LogP contribution in [0.3, 0.4) is 0 Å². The molecule has 1 N–H and O–H groups in total. The number of carbonyl (C=O) groups excluding carboxylic acids is 1. The monoisotopic (exact) mass is 317 g/mol. The SMILES string of the molecule is CCOCCNC(=O)N1CCC[C@@H](c2nnc3ccccn23)C1. The standard InChI is InChI=1S/C16H23N5O2/c1-2-23-11-8-17-16(22)20-9-5-6-13(12-20)15-19-18-14-7-3-4-10-21(14)15/h3-4,7,10,13H,2,5-6,8-9,11-12H2,1H3,(H,17,22)/t13-/m1/s1. The van der Waals surface area contributed by atoms with Crippen molar-refractivity contribution in [2.24, 2.45) is 0 Å². The molecule has 2 amide bonds. The molecule has 124 valence electrons. The fourth-order valence-corrected chi connectivity index (χ4v) is 3.00. The molecule has 0 aromatic carbocycles. The van der Waals surface area contributed by atoms with Crippen molar-refractivity contribution >= 4 is 11.7 Å². The number of piperidine rings is 1. The van der Waals surface area contributed by atoms with Crippen molar-refractivity contribution in [1.82, 2.24) is 24.8 Å². The molecule has 0 saturated carbocycles. The second-order valence-corrected chi connectivity index (χ2v) is 5.70. The molecular formula is C16H23N5O2. The Balaban J connectivity index is 1.63. The highest BCUT2D eigenvalue weighted by molar-refractivity contribution is 5.74. The number of hydrogen-bond donors (Lipinski definition) is 1. The van der Waals surface area contributed by atoms with E-state index in [0.717, 1.165) is 30.9 Å². The highest BCUT2D eigenvalue weighted by Gasteiger charge is 2.27. The summed E-state index contributed by atoms with van der Waals surface area (Å²) in [5.74, 6) is 1.16. The van der Waals surface area contributed by atoms with Crippen molar-refractivity contribution in [3.8, 4) is 0 Å². The number of pyridine rings is 1. The van der Waals surface area contributed by atoms with Gasteiger partial charge < -0.3 is 15.0 Å². The fraction of sp³-hybridized carbons (Fsp3) is 0.562. The van der Waals surface area contributed by atoms with Crippen LogP contribution < -0.4 is 5.32 Å². The van der Waals surface area contributed by atoms with Crippen molar-refractivity contribution < 1.29 is 9.53 Å². The highest BCUT2D eigenvalue weighted by atomic mass is 16.5. The van der Waals surface area contributed by atoms with Crippen molar-refractivity contribution in [3.63, 3.8) is 0 Å². The van der Waals surface area contributed by atoms with Crippen molar-refractivity contribution in [2.75, 3.05) is 32.8 Å². The number of likely N-dealkylation sites (tertiary alicyclic amines) is 1. The molecule has 0 bridgehead atoms. The van der Waals surface area contributed by atoms with E-state index in [9.17, 15) is 4.79 Å². The Morgan fingerprint density at radius 2 is 2.35 bits per heavy atom. The van der Waals surface area contributed by atoms with E-state index in [4.69, 9.17) is 4.74 Å². The highest BCUT2D eigenvalue weighted by Crippen LogP contribution is 2.25. The summed E-state index contributed by atoms with van der Waals surface area (Å²) in [5.41, 5.74) is 0.848. The summed E-state index contributed by atoms with van der Waals surface area (Å²) < 4.78 is 7.26. The van der Waals surface area contributed by atoms with Crippen LogP contribution in [0.25, 0.3) is 5.65 Å². The van der Waals surface area contributed by atoms with Crippen LogP contribution >= 0.6 is 0 Å². The molecular weight excluding hydrogens is 294 g/mol. The first-order valence-corrected chi connectivity index (χ1v) is 8.19. The number of hydrogen-bond acceptors (Lipinski definition) is 4. The van der Waals surface area contributed by atoms with Gasteiger partial charge in [0, 0.05) is 38.4 Å². The van der Waals surface area contributed by atoms with Gasteiger partial charge in [-0.15, -0.1) is 10.2 Å². The lowest BCUT2D eigenvalue weighted by Crippen LogP contribution is -2.46. The van der Waals surface area contributed by atoms with Crippen LogP contribution in [0.4, 0.5) is 4.79 Å². The molecule has 3 heterocycles. The van der Waals surface area contributed by atoms with Crippen molar-refractivity contribution in [2.45, 2.75) is 25.7 Å². The van der Waals surface area contributed by atoms with Gasteiger partial charge in [-0.2, -0.15) is 0 Å². The van der Waals surface area contributed by atoms with Gasteiger partial charge in [-0.3, -0.25) is 4.40 Å². The summed E-state index contributed by atoms with van der Waals surface area (Å²) in [6.07, 6.45) is 3.98. The zero-order valence-electron chi connectivity index (χ0n) is 13.4. The molecule has 0 unspecified atom stereocenters. The molecule has 2 aromatic heterocycles. The summed E-state index contributed by atoms with van der Waals surface area (Å²) in [5, 5.41) is 11.5. The maximum absolute atomic E-state index is 12.3. The molecule has 0 aliphatic carbocycles. The molecule has 2 aromatic rings. The van der Waals surface area contributed by atoms with E-state index in [-0.39, 0.29) is 11.9 Å². The Hall–Kier alpha value is -2.15.